The molecule has 0 bridgehead atoms. The van der Waals surface area contributed by atoms with Crippen LogP contribution < -0.4 is 0 Å². The topological polar surface area (TPSA) is 61.8 Å². The van der Waals surface area contributed by atoms with Gasteiger partial charge in [-0.2, -0.15) is 0 Å². The molecule has 0 aromatic rings. The van der Waals surface area contributed by atoms with Gasteiger partial charge in [-0.1, -0.05) is 30.9 Å². The Labute approximate surface area is 123 Å². The molecule has 0 aliphatic carbocycles. The second kappa shape index (κ2) is 7.89. The van der Waals surface area contributed by atoms with Gasteiger partial charge >= 0.3 is 11.9 Å². The molecule has 112 valence electrons. The van der Waals surface area contributed by atoms with Crippen molar-refractivity contribution in [3.63, 3.8) is 0 Å². The summed E-state index contributed by atoms with van der Waals surface area (Å²) in [5.41, 5.74) is 1.28. The van der Waals surface area contributed by atoms with Crippen LogP contribution in [0.4, 0.5) is 0 Å². The van der Waals surface area contributed by atoms with Gasteiger partial charge < -0.3 is 14.2 Å². The lowest BCUT2D eigenvalue weighted by Crippen LogP contribution is -2.12. The fourth-order valence-electron chi connectivity index (χ4n) is 1.56. The first-order valence-corrected chi connectivity index (χ1v) is 6.32. The fourth-order valence-corrected chi connectivity index (χ4v) is 1.56. The molecule has 5 nitrogen and oxygen atoms in total. The van der Waals surface area contributed by atoms with Gasteiger partial charge in [0.1, 0.15) is 11.8 Å². The van der Waals surface area contributed by atoms with Crippen molar-refractivity contribution in [2.45, 2.75) is 20.1 Å². The molecule has 0 aromatic carbocycles. The zero-order valence-corrected chi connectivity index (χ0v) is 12.3. The Bertz CT molecular complexity index is 549. The number of hydrogen-bond donors (Lipinski definition) is 0. The Hall–Kier alpha value is -2.56. The third-order valence-electron chi connectivity index (χ3n) is 2.69. The van der Waals surface area contributed by atoms with Gasteiger partial charge in [0, 0.05) is 11.6 Å². The number of ether oxygens (including phenoxy) is 3. The van der Waals surface area contributed by atoms with Gasteiger partial charge in [0.2, 0.25) is 0 Å². The number of hydrogen-bond acceptors (Lipinski definition) is 5. The summed E-state index contributed by atoms with van der Waals surface area (Å²) in [7, 11) is 1.28. The van der Waals surface area contributed by atoms with Crippen LogP contribution in [0, 0.1) is 0 Å². The summed E-state index contributed by atoms with van der Waals surface area (Å²) in [6, 6.07) is 0. The number of carbonyl (C=O) groups is 2. The SMILES string of the molecule is C=C\C=C/C(=C\C)C(=C\OC1C=C(C)C(=O)O1)/C(=O)OC. The molecule has 1 rings (SSSR count). The average molecular weight is 290 g/mol. The van der Waals surface area contributed by atoms with Gasteiger partial charge in [0.15, 0.2) is 0 Å². The summed E-state index contributed by atoms with van der Waals surface area (Å²) in [4.78, 5) is 23.0. The van der Waals surface area contributed by atoms with Gasteiger partial charge in [0.05, 0.1) is 7.11 Å². The molecule has 0 N–H and O–H groups in total. The number of rotatable bonds is 6. The first-order valence-electron chi connectivity index (χ1n) is 6.32. The van der Waals surface area contributed by atoms with Crippen molar-refractivity contribution in [1.82, 2.24) is 0 Å². The third kappa shape index (κ3) is 4.49. The summed E-state index contributed by atoms with van der Waals surface area (Å²) in [6.45, 7) is 6.97. The van der Waals surface area contributed by atoms with Crippen molar-refractivity contribution in [1.29, 1.82) is 0 Å². The Morgan fingerprint density at radius 1 is 1.48 bits per heavy atom. The van der Waals surface area contributed by atoms with Crippen LogP contribution in [-0.4, -0.2) is 25.3 Å². The van der Waals surface area contributed by atoms with E-state index in [0.29, 0.717) is 11.1 Å². The van der Waals surface area contributed by atoms with Crippen LogP contribution in [0.15, 0.2) is 59.9 Å². The summed E-state index contributed by atoms with van der Waals surface area (Å²) in [5, 5.41) is 0. The summed E-state index contributed by atoms with van der Waals surface area (Å²) >= 11 is 0. The lowest BCUT2D eigenvalue weighted by Gasteiger charge is -2.10. The van der Waals surface area contributed by atoms with Crippen molar-refractivity contribution in [3.8, 4) is 0 Å². The van der Waals surface area contributed by atoms with Gasteiger partial charge in [-0.25, -0.2) is 9.59 Å². The van der Waals surface area contributed by atoms with E-state index in [1.807, 2.05) is 0 Å². The van der Waals surface area contributed by atoms with Gasteiger partial charge in [-0.3, -0.25) is 0 Å². The predicted molar refractivity (Wildman–Crippen MR) is 77.9 cm³/mol. The normalized spacial score (nSPS) is 19.3. The molecule has 1 atom stereocenters. The molecule has 0 spiro atoms. The van der Waals surface area contributed by atoms with E-state index in [9.17, 15) is 9.59 Å². The Kier molecular flexibility index (Phi) is 6.20. The van der Waals surface area contributed by atoms with Gasteiger partial charge in [-0.05, 0) is 19.4 Å². The minimum atomic E-state index is -0.835. The number of cyclic esters (lactones) is 1. The average Bonchev–Trinajstić information content (AvgIpc) is 2.80. The number of allylic oxidation sites excluding steroid dienone is 4. The lowest BCUT2D eigenvalue weighted by molar-refractivity contribution is -0.152. The lowest BCUT2D eigenvalue weighted by atomic mass is 10.1. The first-order chi connectivity index (χ1) is 10.0. The molecule has 1 heterocycles. The third-order valence-corrected chi connectivity index (χ3v) is 2.69. The zero-order chi connectivity index (χ0) is 15.8. The molecule has 5 heteroatoms. The molecule has 21 heavy (non-hydrogen) atoms. The van der Waals surface area contributed by atoms with Crippen LogP contribution in [-0.2, 0) is 23.8 Å². The second-order valence-electron chi connectivity index (χ2n) is 4.12. The van der Waals surface area contributed by atoms with Crippen molar-refractivity contribution >= 4 is 11.9 Å². The monoisotopic (exact) mass is 290 g/mol. The van der Waals surface area contributed by atoms with Crippen LogP contribution in [0.1, 0.15) is 13.8 Å². The molecule has 1 unspecified atom stereocenters. The van der Waals surface area contributed by atoms with Crippen LogP contribution >= 0.6 is 0 Å². The minimum Gasteiger partial charge on any atom is -0.465 e. The molecule has 0 radical (unpaired) electrons. The molecular formula is C16H18O5. The highest BCUT2D eigenvalue weighted by molar-refractivity contribution is 5.94. The van der Waals surface area contributed by atoms with E-state index in [4.69, 9.17) is 14.2 Å². The maximum Gasteiger partial charge on any atom is 0.341 e. The standard InChI is InChI=1S/C16H18O5/c1-5-7-8-12(6-2)13(16(18)19-4)10-20-14-9-11(3)15(17)21-14/h5-10,14H,1H2,2-4H3/b8-7-,12-6+,13-10+. The van der Waals surface area contributed by atoms with E-state index in [-0.39, 0.29) is 5.57 Å². The maximum atomic E-state index is 11.8. The molecule has 0 fully saturated rings. The predicted octanol–water partition coefficient (Wildman–Crippen LogP) is 2.58. The van der Waals surface area contributed by atoms with Gasteiger partial charge in [-0.15, -0.1) is 0 Å². The van der Waals surface area contributed by atoms with Crippen molar-refractivity contribution in [2.24, 2.45) is 0 Å². The quantitative estimate of drug-likeness (QED) is 0.325. The molecule has 0 amide bonds. The molecule has 0 aromatic heterocycles. The first kappa shape index (κ1) is 16.5. The number of esters is 2. The second-order valence-corrected chi connectivity index (χ2v) is 4.12. The number of methoxy groups -OCH3 is 1. The highest BCUT2D eigenvalue weighted by Crippen LogP contribution is 2.18. The van der Waals surface area contributed by atoms with Crippen LogP contribution in [0.3, 0.4) is 0 Å². The molecule has 0 saturated carbocycles. The Morgan fingerprint density at radius 3 is 2.67 bits per heavy atom. The molecule has 1 aliphatic heterocycles. The van der Waals surface area contributed by atoms with Crippen molar-refractivity contribution in [3.05, 3.63) is 59.9 Å². The van der Waals surface area contributed by atoms with E-state index in [1.54, 1.807) is 38.2 Å². The summed E-state index contributed by atoms with van der Waals surface area (Å²) in [6.07, 6.45) is 8.62. The van der Waals surface area contributed by atoms with Crippen LogP contribution in [0.5, 0.6) is 0 Å². The van der Waals surface area contributed by atoms with E-state index < -0.39 is 18.2 Å². The van der Waals surface area contributed by atoms with Crippen LogP contribution in [0.25, 0.3) is 0 Å². The highest BCUT2D eigenvalue weighted by Gasteiger charge is 2.23. The fraction of sp³-hybridized carbons (Fsp3) is 0.250. The zero-order valence-electron chi connectivity index (χ0n) is 12.3. The molecule has 1 aliphatic rings. The van der Waals surface area contributed by atoms with E-state index in [1.165, 1.54) is 19.4 Å². The molecular weight excluding hydrogens is 272 g/mol. The van der Waals surface area contributed by atoms with Crippen molar-refractivity contribution < 1.29 is 23.8 Å². The number of carbonyl (C=O) groups excluding carboxylic acids is 2. The van der Waals surface area contributed by atoms with E-state index >= 15 is 0 Å². The Morgan fingerprint density at radius 2 is 2.19 bits per heavy atom. The van der Waals surface area contributed by atoms with E-state index in [2.05, 4.69) is 6.58 Å². The molecule has 0 saturated heterocycles. The minimum absolute atomic E-state index is 0.215. The smallest absolute Gasteiger partial charge is 0.341 e. The van der Waals surface area contributed by atoms with Crippen molar-refractivity contribution in [2.75, 3.05) is 7.11 Å². The summed E-state index contributed by atoms with van der Waals surface area (Å²) < 4.78 is 15.0. The maximum absolute atomic E-state index is 11.8. The Balaban J connectivity index is 2.95. The van der Waals surface area contributed by atoms with E-state index in [0.717, 1.165) is 0 Å². The largest absolute Gasteiger partial charge is 0.465 e. The highest BCUT2D eigenvalue weighted by atomic mass is 16.7. The summed E-state index contributed by atoms with van der Waals surface area (Å²) in [5.74, 6) is -0.993. The van der Waals surface area contributed by atoms with Crippen LogP contribution in [0.2, 0.25) is 0 Å². The van der Waals surface area contributed by atoms with Gasteiger partial charge in [0.25, 0.3) is 6.29 Å².